The molecule has 0 saturated heterocycles. The molecule has 0 bridgehead atoms. The van der Waals surface area contributed by atoms with Gasteiger partial charge in [0, 0.05) is 11.3 Å². The van der Waals surface area contributed by atoms with Gasteiger partial charge in [-0.1, -0.05) is 0 Å². The molecule has 0 unspecified atom stereocenters. The van der Waals surface area contributed by atoms with Gasteiger partial charge in [-0.3, -0.25) is 0 Å². The molecular formula is C10H18F3NO2S. The number of hydrogen-bond acceptors (Lipinski definition) is 3. The fraction of sp³-hybridized carbons (Fsp3) is 0.900. The number of hydrogen-bond donors (Lipinski definition) is 1. The first kappa shape index (κ1) is 16.4. The third-order valence-electron chi connectivity index (χ3n) is 1.40. The van der Waals surface area contributed by atoms with Crippen LogP contribution < -0.4 is 5.32 Å². The van der Waals surface area contributed by atoms with Crippen LogP contribution >= 0.6 is 11.8 Å². The topological polar surface area (TPSA) is 38.3 Å². The predicted molar refractivity (Wildman–Crippen MR) is 62.2 cm³/mol. The van der Waals surface area contributed by atoms with E-state index in [2.05, 4.69) is 5.32 Å². The van der Waals surface area contributed by atoms with Crippen molar-refractivity contribution in [3.05, 3.63) is 0 Å². The van der Waals surface area contributed by atoms with E-state index in [1.54, 1.807) is 27.7 Å². The molecule has 102 valence electrons. The number of carbonyl (C=O) groups is 1. The van der Waals surface area contributed by atoms with Crippen LogP contribution in [0.1, 0.15) is 27.7 Å². The molecule has 17 heavy (non-hydrogen) atoms. The van der Waals surface area contributed by atoms with E-state index >= 15 is 0 Å². The Balaban J connectivity index is 3.79. The van der Waals surface area contributed by atoms with Gasteiger partial charge in [-0.2, -0.15) is 13.2 Å². The average Bonchev–Trinajstić information content (AvgIpc) is 1.96. The molecule has 0 aromatic rings. The van der Waals surface area contributed by atoms with Crippen LogP contribution in [0.2, 0.25) is 0 Å². The first-order chi connectivity index (χ1) is 7.49. The summed E-state index contributed by atoms with van der Waals surface area (Å²) in [6.45, 7) is 6.93. The lowest BCUT2D eigenvalue weighted by Crippen LogP contribution is -2.42. The van der Waals surface area contributed by atoms with Gasteiger partial charge < -0.3 is 10.1 Å². The average molecular weight is 273 g/mol. The van der Waals surface area contributed by atoms with Crippen molar-refractivity contribution in [1.82, 2.24) is 5.32 Å². The molecule has 0 aromatic heterocycles. The summed E-state index contributed by atoms with van der Waals surface area (Å²) < 4.78 is 40.5. The summed E-state index contributed by atoms with van der Waals surface area (Å²) in [7, 11) is 0. The lowest BCUT2D eigenvalue weighted by molar-refractivity contribution is -0.105. The lowest BCUT2D eigenvalue weighted by atomic mass is 10.1. The molecular weight excluding hydrogens is 255 g/mol. The van der Waals surface area contributed by atoms with Crippen LogP contribution in [0, 0.1) is 0 Å². The van der Waals surface area contributed by atoms with Gasteiger partial charge in [-0.25, -0.2) is 4.79 Å². The fourth-order valence-corrected chi connectivity index (χ4v) is 1.64. The highest BCUT2D eigenvalue weighted by atomic mass is 32.2. The van der Waals surface area contributed by atoms with E-state index in [1.165, 1.54) is 0 Å². The van der Waals surface area contributed by atoms with Crippen molar-refractivity contribution in [2.45, 2.75) is 45.5 Å². The molecule has 0 aliphatic carbocycles. The van der Waals surface area contributed by atoms with E-state index < -0.39 is 29.7 Å². The van der Waals surface area contributed by atoms with Gasteiger partial charge in [0.15, 0.2) is 0 Å². The number of nitrogens with one attached hydrogen (secondary N) is 1. The molecule has 0 saturated carbocycles. The molecule has 1 N–H and O–H groups in total. The van der Waals surface area contributed by atoms with Gasteiger partial charge >= 0.3 is 12.3 Å². The highest BCUT2D eigenvalue weighted by molar-refractivity contribution is 7.99. The Hall–Kier alpha value is -0.590. The standard InChI is InChI=1S/C10H18F3NO2S/c1-7(5-17-6-10(11,12)13)16-8(15)14-9(2,3)4/h7H,5-6H2,1-4H3,(H,14,15)/t7-/m1/s1. The zero-order valence-electron chi connectivity index (χ0n) is 10.4. The molecule has 1 amide bonds. The number of thioether (sulfide) groups is 1. The van der Waals surface area contributed by atoms with Crippen molar-refractivity contribution in [2.75, 3.05) is 11.5 Å². The quantitative estimate of drug-likeness (QED) is 0.855. The van der Waals surface area contributed by atoms with Crippen LogP contribution in [0.4, 0.5) is 18.0 Å². The maximum absolute atomic E-state index is 11.9. The van der Waals surface area contributed by atoms with Crippen LogP contribution in [0.5, 0.6) is 0 Å². The molecule has 3 nitrogen and oxygen atoms in total. The SMILES string of the molecule is C[C@H](CSCC(F)(F)F)OC(=O)NC(C)(C)C. The second kappa shape index (κ2) is 6.37. The third-order valence-corrected chi connectivity index (χ3v) is 2.64. The Labute approximate surface area is 103 Å². The van der Waals surface area contributed by atoms with Crippen molar-refractivity contribution in [2.24, 2.45) is 0 Å². The van der Waals surface area contributed by atoms with Gasteiger partial charge in [0.25, 0.3) is 0 Å². The second-order valence-electron chi connectivity index (χ2n) is 4.72. The second-order valence-corrected chi connectivity index (χ2v) is 5.75. The molecule has 7 heteroatoms. The van der Waals surface area contributed by atoms with Crippen LogP contribution in [0.15, 0.2) is 0 Å². The number of rotatable bonds is 4. The molecule has 1 atom stereocenters. The van der Waals surface area contributed by atoms with Crippen LogP contribution in [-0.4, -0.2) is 35.4 Å². The molecule has 0 aliphatic rings. The monoisotopic (exact) mass is 273 g/mol. The molecule has 0 spiro atoms. The summed E-state index contributed by atoms with van der Waals surface area (Å²) in [5.41, 5.74) is -0.421. The number of halogens is 3. The third kappa shape index (κ3) is 11.7. The number of alkyl carbamates (subject to hydrolysis) is 1. The Morgan fingerprint density at radius 3 is 2.29 bits per heavy atom. The van der Waals surface area contributed by atoms with Crippen LogP contribution in [-0.2, 0) is 4.74 Å². The number of carbonyl (C=O) groups excluding carboxylic acids is 1. The predicted octanol–water partition coefficient (Wildman–Crippen LogP) is 3.20. The lowest BCUT2D eigenvalue weighted by Gasteiger charge is -2.22. The van der Waals surface area contributed by atoms with Gasteiger partial charge in [0.05, 0.1) is 5.75 Å². The Kier molecular flexibility index (Phi) is 6.15. The molecule has 0 radical (unpaired) electrons. The van der Waals surface area contributed by atoms with Gasteiger partial charge in [-0.05, 0) is 27.7 Å². The number of ether oxygens (including phenoxy) is 1. The highest BCUT2D eigenvalue weighted by Crippen LogP contribution is 2.21. The number of alkyl halides is 3. The minimum Gasteiger partial charge on any atom is -0.446 e. The molecule has 0 aromatic carbocycles. The first-order valence-electron chi connectivity index (χ1n) is 5.13. The van der Waals surface area contributed by atoms with Crippen molar-refractivity contribution in [3.8, 4) is 0 Å². The van der Waals surface area contributed by atoms with E-state index in [9.17, 15) is 18.0 Å². The van der Waals surface area contributed by atoms with E-state index in [0.29, 0.717) is 11.8 Å². The summed E-state index contributed by atoms with van der Waals surface area (Å²) in [6, 6.07) is 0. The zero-order chi connectivity index (χ0) is 13.7. The molecule has 0 rings (SSSR count). The minimum atomic E-state index is -4.18. The van der Waals surface area contributed by atoms with Crippen LogP contribution in [0.25, 0.3) is 0 Å². The van der Waals surface area contributed by atoms with Gasteiger partial charge in [-0.15, -0.1) is 11.8 Å². The normalized spacial score (nSPS) is 14.3. The largest absolute Gasteiger partial charge is 0.446 e. The fourth-order valence-electron chi connectivity index (χ4n) is 0.893. The van der Waals surface area contributed by atoms with Crippen LogP contribution in [0.3, 0.4) is 0 Å². The van der Waals surface area contributed by atoms with Crippen molar-refractivity contribution in [3.63, 3.8) is 0 Å². The van der Waals surface area contributed by atoms with E-state index in [1.807, 2.05) is 0 Å². The molecule has 0 fully saturated rings. The first-order valence-corrected chi connectivity index (χ1v) is 6.28. The zero-order valence-corrected chi connectivity index (χ0v) is 11.2. The van der Waals surface area contributed by atoms with E-state index in [4.69, 9.17) is 4.74 Å². The molecule has 0 heterocycles. The highest BCUT2D eigenvalue weighted by Gasteiger charge is 2.27. The maximum atomic E-state index is 11.9. The Morgan fingerprint density at radius 2 is 1.88 bits per heavy atom. The maximum Gasteiger partial charge on any atom is 0.407 e. The van der Waals surface area contributed by atoms with Crippen molar-refractivity contribution < 1.29 is 22.7 Å². The Morgan fingerprint density at radius 1 is 1.35 bits per heavy atom. The van der Waals surface area contributed by atoms with Gasteiger partial charge in [0.1, 0.15) is 6.10 Å². The summed E-state index contributed by atoms with van der Waals surface area (Å²) in [5.74, 6) is -0.807. The van der Waals surface area contributed by atoms with E-state index in [-0.39, 0.29) is 5.75 Å². The smallest absolute Gasteiger partial charge is 0.407 e. The summed E-state index contributed by atoms with van der Waals surface area (Å²) >= 11 is 0.698. The summed E-state index contributed by atoms with van der Waals surface area (Å²) in [5, 5.41) is 2.56. The minimum absolute atomic E-state index is 0.122. The van der Waals surface area contributed by atoms with Crippen molar-refractivity contribution >= 4 is 17.9 Å². The van der Waals surface area contributed by atoms with Gasteiger partial charge in [0.2, 0.25) is 0 Å². The Bertz CT molecular complexity index is 251. The number of amides is 1. The summed E-state index contributed by atoms with van der Waals surface area (Å²) in [4.78, 5) is 11.3. The van der Waals surface area contributed by atoms with Crippen molar-refractivity contribution in [1.29, 1.82) is 0 Å². The molecule has 0 aliphatic heterocycles. The summed E-state index contributed by atoms with van der Waals surface area (Å²) in [6.07, 6.45) is -5.35. The van der Waals surface area contributed by atoms with E-state index in [0.717, 1.165) is 0 Å².